The van der Waals surface area contributed by atoms with Crippen LogP contribution in [0, 0.1) is 0 Å². The van der Waals surface area contributed by atoms with Crippen LogP contribution in [-0.2, 0) is 13.8 Å². The van der Waals surface area contributed by atoms with Crippen LogP contribution >= 0.6 is 10.7 Å². The van der Waals surface area contributed by atoms with Crippen LogP contribution in [0.5, 0.6) is 0 Å². The predicted molar refractivity (Wildman–Crippen MR) is 67.5 cm³/mol. The third kappa shape index (κ3) is 2.64. The third-order valence-electron chi connectivity index (χ3n) is 3.10. The molecule has 2 atom stereocenters. The van der Waals surface area contributed by atoms with Gasteiger partial charge in [0.1, 0.15) is 5.25 Å². The Bertz CT molecular complexity index is 547. The van der Waals surface area contributed by atoms with Crippen LogP contribution in [0.4, 0.5) is 0 Å². The molecule has 0 radical (unpaired) electrons. The van der Waals surface area contributed by atoms with E-state index in [0.29, 0.717) is 0 Å². The molecule has 0 aromatic carbocycles. The Hall–Kier alpha value is -1.14. The maximum absolute atomic E-state index is 11.8. The van der Waals surface area contributed by atoms with Crippen molar-refractivity contribution in [3.05, 3.63) is 30.1 Å². The van der Waals surface area contributed by atoms with Crippen molar-refractivity contribution in [2.45, 2.75) is 24.6 Å². The second-order valence-electron chi connectivity index (χ2n) is 4.28. The zero-order chi connectivity index (χ0) is 13.3. The van der Waals surface area contributed by atoms with E-state index in [4.69, 9.17) is 10.7 Å². The van der Waals surface area contributed by atoms with Crippen LogP contribution in [-0.4, -0.2) is 36.0 Å². The summed E-state index contributed by atoms with van der Waals surface area (Å²) < 4.78 is 22.5. The first-order valence-electron chi connectivity index (χ1n) is 5.53. The molecule has 1 amide bonds. The molecule has 1 aliphatic rings. The van der Waals surface area contributed by atoms with Gasteiger partial charge >= 0.3 is 0 Å². The van der Waals surface area contributed by atoms with Crippen LogP contribution < -0.4 is 0 Å². The van der Waals surface area contributed by atoms with Gasteiger partial charge in [0.15, 0.2) is 0 Å². The van der Waals surface area contributed by atoms with E-state index in [0.717, 1.165) is 5.69 Å². The maximum Gasteiger partial charge on any atom is 0.237 e. The molecule has 2 unspecified atom stereocenters. The molecular formula is C11H13ClN2O3S. The lowest BCUT2D eigenvalue weighted by atomic mass is 10.2. The van der Waals surface area contributed by atoms with Crippen LogP contribution in [0.1, 0.15) is 25.1 Å². The summed E-state index contributed by atoms with van der Waals surface area (Å²) in [5, 5.41) is -0.821. The van der Waals surface area contributed by atoms with Crippen molar-refractivity contribution < 1.29 is 13.2 Å². The highest BCUT2D eigenvalue weighted by Crippen LogP contribution is 2.28. The van der Waals surface area contributed by atoms with Crippen molar-refractivity contribution in [3.63, 3.8) is 0 Å². The maximum atomic E-state index is 11.8. The minimum atomic E-state index is -3.69. The summed E-state index contributed by atoms with van der Waals surface area (Å²) >= 11 is 0. The highest BCUT2D eigenvalue weighted by Gasteiger charge is 2.39. The van der Waals surface area contributed by atoms with E-state index < -0.39 is 14.3 Å². The van der Waals surface area contributed by atoms with E-state index in [1.165, 1.54) is 4.90 Å². The Morgan fingerprint density at radius 1 is 1.50 bits per heavy atom. The van der Waals surface area contributed by atoms with Crippen LogP contribution in [0.2, 0.25) is 0 Å². The largest absolute Gasteiger partial charge is 0.333 e. The summed E-state index contributed by atoms with van der Waals surface area (Å²) in [5.41, 5.74) is 0.735. The second kappa shape index (κ2) is 4.85. The number of amides is 1. The van der Waals surface area contributed by atoms with E-state index in [1.807, 2.05) is 13.0 Å². The lowest BCUT2D eigenvalue weighted by Crippen LogP contribution is -2.30. The SMILES string of the molecule is CC(c1ccccn1)N1CC(S(=O)(=O)Cl)CC1=O. The molecule has 0 spiro atoms. The van der Waals surface area contributed by atoms with Crippen LogP contribution in [0.15, 0.2) is 24.4 Å². The summed E-state index contributed by atoms with van der Waals surface area (Å²) in [4.78, 5) is 17.5. The highest BCUT2D eigenvalue weighted by atomic mass is 35.7. The smallest absolute Gasteiger partial charge is 0.237 e. The second-order valence-corrected chi connectivity index (χ2v) is 7.19. The lowest BCUT2D eigenvalue weighted by molar-refractivity contribution is -0.129. The van der Waals surface area contributed by atoms with E-state index in [-0.39, 0.29) is 24.9 Å². The number of likely N-dealkylation sites (tertiary alicyclic amines) is 1. The van der Waals surface area contributed by atoms with Crippen LogP contribution in [0.3, 0.4) is 0 Å². The van der Waals surface area contributed by atoms with E-state index in [1.54, 1.807) is 18.3 Å². The first-order chi connectivity index (χ1) is 8.39. The number of carbonyl (C=O) groups excluding carboxylic acids is 1. The Labute approximate surface area is 110 Å². The number of halogens is 1. The fraction of sp³-hybridized carbons (Fsp3) is 0.455. The molecule has 1 fully saturated rings. The zero-order valence-electron chi connectivity index (χ0n) is 9.78. The molecular weight excluding hydrogens is 276 g/mol. The molecule has 18 heavy (non-hydrogen) atoms. The van der Waals surface area contributed by atoms with Gasteiger partial charge in [-0.15, -0.1) is 0 Å². The Morgan fingerprint density at radius 2 is 2.22 bits per heavy atom. The minimum Gasteiger partial charge on any atom is -0.333 e. The molecule has 1 aromatic heterocycles. The number of aromatic nitrogens is 1. The molecule has 1 aromatic rings. The summed E-state index contributed by atoms with van der Waals surface area (Å²) in [5.74, 6) is -0.206. The number of rotatable bonds is 3. The minimum absolute atomic E-state index is 0.0526. The van der Waals surface area contributed by atoms with Crippen molar-refractivity contribution in [3.8, 4) is 0 Å². The fourth-order valence-corrected chi connectivity index (χ4v) is 3.08. The van der Waals surface area contributed by atoms with Crippen molar-refractivity contribution in [2.75, 3.05) is 6.54 Å². The summed E-state index contributed by atoms with van der Waals surface area (Å²) in [6.45, 7) is 1.95. The molecule has 98 valence electrons. The highest BCUT2D eigenvalue weighted by molar-refractivity contribution is 8.14. The quantitative estimate of drug-likeness (QED) is 0.787. The Morgan fingerprint density at radius 3 is 2.72 bits per heavy atom. The van der Waals surface area contributed by atoms with Gasteiger partial charge in [-0.3, -0.25) is 9.78 Å². The normalized spacial score (nSPS) is 22.2. The van der Waals surface area contributed by atoms with Crippen molar-refractivity contribution >= 4 is 25.6 Å². The zero-order valence-corrected chi connectivity index (χ0v) is 11.4. The van der Waals surface area contributed by atoms with Gasteiger partial charge in [0.05, 0.1) is 11.7 Å². The average molecular weight is 289 g/mol. The van der Waals surface area contributed by atoms with Gasteiger partial charge < -0.3 is 4.90 Å². The van der Waals surface area contributed by atoms with Crippen molar-refractivity contribution in [2.24, 2.45) is 0 Å². The van der Waals surface area contributed by atoms with Gasteiger partial charge in [-0.05, 0) is 19.1 Å². The molecule has 7 heteroatoms. The molecule has 2 heterocycles. The summed E-state index contributed by atoms with van der Waals surface area (Å²) in [6.07, 6.45) is 1.59. The topological polar surface area (TPSA) is 67.3 Å². The molecule has 0 bridgehead atoms. The van der Waals surface area contributed by atoms with Gasteiger partial charge in [-0.25, -0.2) is 8.42 Å². The number of hydrogen-bond acceptors (Lipinski definition) is 4. The Kier molecular flexibility index (Phi) is 3.59. The van der Waals surface area contributed by atoms with E-state index in [2.05, 4.69) is 4.98 Å². The molecule has 0 aliphatic carbocycles. The monoisotopic (exact) mass is 288 g/mol. The van der Waals surface area contributed by atoms with Crippen molar-refractivity contribution in [1.82, 2.24) is 9.88 Å². The third-order valence-corrected chi connectivity index (χ3v) is 4.97. The number of nitrogens with zero attached hydrogens (tertiary/aromatic N) is 2. The number of pyridine rings is 1. The predicted octanol–water partition coefficient (Wildman–Crippen LogP) is 1.31. The molecule has 0 N–H and O–H groups in total. The molecule has 0 saturated carbocycles. The molecule has 1 aliphatic heterocycles. The summed E-state index contributed by atoms with van der Waals surface area (Å²) in [6, 6.07) is 5.17. The van der Waals surface area contributed by atoms with Crippen LogP contribution in [0.25, 0.3) is 0 Å². The summed E-state index contributed by atoms with van der Waals surface area (Å²) in [7, 11) is 1.60. The fourth-order valence-electron chi connectivity index (χ4n) is 2.04. The molecule has 2 rings (SSSR count). The average Bonchev–Trinajstić information content (AvgIpc) is 2.71. The van der Waals surface area contributed by atoms with Crippen molar-refractivity contribution in [1.29, 1.82) is 0 Å². The first kappa shape index (κ1) is 13.3. The first-order valence-corrected chi connectivity index (χ1v) is 7.90. The van der Waals surface area contributed by atoms with Gasteiger partial charge in [0.2, 0.25) is 15.0 Å². The van der Waals surface area contributed by atoms with Gasteiger partial charge in [-0.1, -0.05) is 6.07 Å². The van der Waals surface area contributed by atoms with E-state index >= 15 is 0 Å². The lowest BCUT2D eigenvalue weighted by Gasteiger charge is -2.23. The Balaban J connectivity index is 2.18. The van der Waals surface area contributed by atoms with Gasteiger partial charge in [0.25, 0.3) is 0 Å². The number of carbonyl (C=O) groups is 1. The molecule has 1 saturated heterocycles. The van der Waals surface area contributed by atoms with Gasteiger partial charge in [0, 0.05) is 29.8 Å². The van der Waals surface area contributed by atoms with Gasteiger partial charge in [-0.2, -0.15) is 0 Å². The standard InChI is InChI=1S/C11H13ClN2O3S/c1-8(10-4-2-3-5-13-10)14-7-9(6-11(14)15)18(12,16)17/h2-5,8-9H,6-7H2,1H3. The number of hydrogen-bond donors (Lipinski definition) is 0. The molecule has 5 nitrogen and oxygen atoms in total. The van der Waals surface area contributed by atoms with E-state index in [9.17, 15) is 13.2 Å².